The zero-order chi connectivity index (χ0) is 15.8. The average molecular weight is 517 g/mol. The summed E-state index contributed by atoms with van der Waals surface area (Å²) in [6.07, 6.45) is 5.13. The number of nitrogens with two attached hydrogens (primary N) is 1. The van der Waals surface area contributed by atoms with Crippen LogP contribution in [-0.4, -0.2) is 11.7 Å². The van der Waals surface area contributed by atoms with Gasteiger partial charge in [0, 0.05) is 6.04 Å². The fourth-order valence-corrected chi connectivity index (χ4v) is 6.73. The second-order valence-electron chi connectivity index (χ2n) is 5.70. The van der Waals surface area contributed by atoms with Crippen LogP contribution in [0.1, 0.15) is 25.7 Å². The molecule has 2 aromatic carbocycles. The molecular weight excluding hydrogens is 494 g/mol. The van der Waals surface area contributed by atoms with Crippen molar-refractivity contribution in [2.45, 2.75) is 37.4 Å². The molecule has 2 atom stereocenters. The van der Waals surface area contributed by atoms with Crippen molar-refractivity contribution in [3.05, 3.63) is 60.7 Å². The van der Waals surface area contributed by atoms with Crippen molar-refractivity contribution in [1.29, 1.82) is 0 Å². The monoisotopic (exact) mass is 516 g/mol. The second kappa shape index (κ2) is 9.88. The van der Waals surface area contributed by atoms with Gasteiger partial charge in [-0.25, -0.2) is 0 Å². The van der Waals surface area contributed by atoms with Crippen LogP contribution in [0.15, 0.2) is 60.7 Å². The predicted molar refractivity (Wildman–Crippen MR) is 96.6 cm³/mol. The molecule has 0 radical (unpaired) electrons. The van der Waals surface area contributed by atoms with E-state index in [1.807, 2.05) is 0 Å². The maximum absolute atomic E-state index is 6.48. The van der Waals surface area contributed by atoms with Gasteiger partial charge in [0.05, 0.1) is 24.2 Å². The Balaban J connectivity index is 0.000000847. The molecule has 0 spiro atoms. The summed E-state index contributed by atoms with van der Waals surface area (Å²) in [5.41, 5.74) is 7.15. The van der Waals surface area contributed by atoms with Crippen LogP contribution >= 0.6 is 17.1 Å². The second-order valence-corrected chi connectivity index (χ2v) is 8.42. The molecule has 0 aliphatic heterocycles. The summed E-state index contributed by atoms with van der Waals surface area (Å²) >= 11 is 1.75. The number of halogens is 1. The van der Waals surface area contributed by atoms with Crippen LogP contribution < -0.4 is 16.3 Å². The number of rotatable bonds is 3. The fraction of sp³-hybridized carbons (Fsp3) is 0.333. The normalized spacial score (nSPS) is 21.1. The van der Waals surface area contributed by atoms with Gasteiger partial charge >= 0.3 is 29.2 Å². The van der Waals surface area contributed by atoms with Gasteiger partial charge < -0.3 is 5.73 Å². The standard InChI is InChI=1S/C18H22NP.Au.ClH/c19-17-13-7-8-14-18(17)20(15-9-3-1-4-10-15)16-11-5-2-6-12-16;;/h1-6,9-12,17-18H,7-8,13-14,19H2;;1H/q;+1;. The third kappa shape index (κ3) is 4.68. The Morgan fingerprint density at radius 2 is 1.27 bits per heavy atom. The molecule has 2 aromatic rings. The Bertz CT molecular complexity index is 498. The van der Waals surface area contributed by atoms with Crippen molar-refractivity contribution in [3.8, 4) is 0 Å². The van der Waals surface area contributed by atoms with E-state index in [9.17, 15) is 0 Å². The van der Waals surface area contributed by atoms with Crippen molar-refractivity contribution in [3.63, 3.8) is 0 Å². The summed E-state index contributed by atoms with van der Waals surface area (Å²) < 4.78 is 0. The molecule has 1 aliphatic rings. The van der Waals surface area contributed by atoms with Gasteiger partial charge in [0.2, 0.25) is 0 Å². The van der Waals surface area contributed by atoms with E-state index < -0.39 is 7.92 Å². The van der Waals surface area contributed by atoms with Gasteiger partial charge in [-0.15, -0.1) is 0 Å². The van der Waals surface area contributed by atoms with Crippen LogP contribution in [-0.2, 0) is 20.0 Å². The summed E-state index contributed by atoms with van der Waals surface area (Å²) in [6, 6.07) is 22.4. The van der Waals surface area contributed by atoms with E-state index in [1.165, 1.54) is 36.3 Å². The van der Waals surface area contributed by atoms with Crippen molar-refractivity contribution < 1.29 is 20.0 Å². The number of hydrogen-bond donors (Lipinski definition) is 1. The van der Waals surface area contributed by atoms with E-state index in [-0.39, 0.29) is 0 Å². The first-order chi connectivity index (χ1) is 10.9. The van der Waals surface area contributed by atoms with Crippen molar-refractivity contribution in [2.75, 3.05) is 0 Å². The van der Waals surface area contributed by atoms with Gasteiger partial charge in [0.1, 0.15) is 0 Å². The van der Waals surface area contributed by atoms with Crippen molar-refractivity contribution >= 4 is 27.7 Å². The zero-order valence-corrected chi connectivity index (χ0v) is 16.4. The van der Waals surface area contributed by atoms with Gasteiger partial charge in [-0.2, -0.15) is 0 Å². The van der Waals surface area contributed by atoms with Crippen LogP contribution in [0.3, 0.4) is 0 Å². The molecular formula is C18H23AuClNP+. The first-order valence-electron chi connectivity index (χ1n) is 7.71. The number of benzene rings is 2. The first-order valence-corrected chi connectivity index (χ1v) is 12.0. The Kier molecular flexibility index (Phi) is 8.17. The van der Waals surface area contributed by atoms with E-state index >= 15 is 0 Å². The minimum atomic E-state index is -0.774. The zero-order valence-electron chi connectivity index (χ0n) is 12.5. The minimum absolute atomic E-state index is 0.373. The molecule has 2 N–H and O–H groups in total. The van der Waals surface area contributed by atoms with E-state index in [0.717, 1.165) is 0 Å². The van der Waals surface area contributed by atoms with E-state index in [2.05, 4.69) is 69.9 Å². The molecule has 0 bridgehead atoms. The third-order valence-corrected chi connectivity index (χ3v) is 7.73. The van der Waals surface area contributed by atoms with Gasteiger partial charge in [-0.1, -0.05) is 42.8 Å². The molecule has 2 unspecified atom stereocenters. The summed E-state index contributed by atoms with van der Waals surface area (Å²) in [5.74, 6) is 0. The van der Waals surface area contributed by atoms with Crippen LogP contribution in [0.25, 0.3) is 0 Å². The van der Waals surface area contributed by atoms with Crippen molar-refractivity contribution in [2.24, 2.45) is 5.73 Å². The van der Waals surface area contributed by atoms with Gasteiger partial charge in [-0.3, -0.25) is 0 Å². The molecule has 0 aromatic heterocycles. The Labute approximate surface area is 151 Å². The van der Waals surface area contributed by atoms with Crippen molar-refractivity contribution in [1.82, 2.24) is 0 Å². The topological polar surface area (TPSA) is 26.0 Å². The van der Waals surface area contributed by atoms with E-state index in [0.29, 0.717) is 11.7 Å². The fourth-order valence-electron chi connectivity index (χ4n) is 3.35. The van der Waals surface area contributed by atoms with Gasteiger partial charge in [0.25, 0.3) is 0 Å². The Morgan fingerprint density at radius 1 is 0.818 bits per heavy atom. The number of hydrogen-bond acceptors (Lipinski definition) is 1. The molecule has 1 fully saturated rings. The van der Waals surface area contributed by atoms with Crippen LogP contribution in [0, 0.1) is 0 Å². The van der Waals surface area contributed by atoms with E-state index in [1.54, 1.807) is 20.0 Å². The third-order valence-electron chi connectivity index (χ3n) is 4.36. The first kappa shape index (κ1) is 18.2. The molecule has 1 nitrogen and oxygen atoms in total. The van der Waals surface area contributed by atoms with Crippen LogP contribution in [0.2, 0.25) is 0 Å². The molecule has 0 heterocycles. The van der Waals surface area contributed by atoms with Crippen LogP contribution in [0.5, 0.6) is 0 Å². The molecule has 1 saturated carbocycles. The molecule has 1 aliphatic carbocycles. The molecule has 0 saturated heterocycles. The average Bonchev–Trinajstić information content (AvgIpc) is 2.61. The summed E-state index contributed by atoms with van der Waals surface area (Å²) in [4.78, 5) is 0. The van der Waals surface area contributed by atoms with Crippen LogP contribution in [0.4, 0.5) is 0 Å². The SMILES string of the molecule is NC1CCCCC1[PH+](c1ccccc1)c1ccccc1.[Cl][Au]. The van der Waals surface area contributed by atoms with Gasteiger partial charge in [-0.05, 0) is 43.5 Å². The quantitative estimate of drug-likeness (QED) is 0.487. The summed E-state index contributed by atoms with van der Waals surface area (Å²) in [5, 5.41) is 3.01. The molecule has 0 amide bonds. The molecule has 22 heavy (non-hydrogen) atoms. The Hall–Kier alpha value is -0.140. The maximum atomic E-state index is 6.48. The molecule has 3 rings (SSSR count). The predicted octanol–water partition coefficient (Wildman–Crippen LogP) is 3.81. The molecule has 4 heteroatoms. The summed E-state index contributed by atoms with van der Waals surface area (Å²) in [6.45, 7) is 0. The van der Waals surface area contributed by atoms with Gasteiger partial charge in [0.15, 0.2) is 0 Å². The van der Waals surface area contributed by atoms with E-state index in [4.69, 9.17) is 5.73 Å². The Morgan fingerprint density at radius 3 is 1.73 bits per heavy atom. The molecule has 122 valence electrons. The summed E-state index contributed by atoms with van der Waals surface area (Å²) in [7, 11) is 3.81.